The first-order chi connectivity index (χ1) is 7.15. The molecule has 0 aliphatic carbocycles. The van der Waals surface area contributed by atoms with E-state index in [1.165, 1.54) is 0 Å². The van der Waals surface area contributed by atoms with Crippen molar-refractivity contribution in [2.45, 2.75) is 45.1 Å². The molecule has 0 aliphatic rings. The maximum Gasteiger partial charge on any atom is 0.637 e. The second-order valence-electron chi connectivity index (χ2n) is 4.03. The van der Waals surface area contributed by atoms with Crippen molar-refractivity contribution in [2.75, 3.05) is 6.61 Å². The first kappa shape index (κ1) is 14.7. The third-order valence-electron chi connectivity index (χ3n) is 2.06. The van der Waals surface area contributed by atoms with Crippen molar-refractivity contribution in [3.05, 3.63) is 20.2 Å². The van der Waals surface area contributed by atoms with Gasteiger partial charge in [0.1, 0.15) is 9.85 Å². The molecule has 16 heavy (non-hydrogen) atoms. The molecule has 0 aromatic carbocycles. The molecule has 0 radical (unpaired) electrons. The molecule has 0 unspecified atom stereocenters. The summed E-state index contributed by atoms with van der Waals surface area (Å²) >= 11 is 0. The van der Waals surface area contributed by atoms with E-state index in [2.05, 4.69) is 0 Å². The second kappa shape index (κ2) is 5.15. The van der Waals surface area contributed by atoms with E-state index in [1.54, 1.807) is 13.8 Å². The molecule has 0 N–H and O–H groups in total. The highest BCUT2D eigenvalue weighted by Crippen LogP contribution is 2.21. The predicted molar refractivity (Wildman–Crippen MR) is 52.8 cm³/mol. The third kappa shape index (κ3) is 3.69. The normalized spacial score (nSPS) is 12.5. The number of nitrogens with zero attached hydrogens (tertiary/aromatic N) is 2. The van der Waals surface area contributed by atoms with Crippen molar-refractivity contribution >= 4 is 0 Å². The van der Waals surface area contributed by atoms with Crippen LogP contribution in [-0.2, 0) is 4.74 Å². The van der Waals surface area contributed by atoms with Gasteiger partial charge in [-0.25, -0.2) is 0 Å². The molecule has 0 amide bonds. The lowest BCUT2D eigenvalue weighted by atomic mass is 10.0. The summed E-state index contributed by atoms with van der Waals surface area (Å²) in [6, 6.07) is 0. The summed E-state index contributed by atoms with van der Waals surface area (Å²) in [7, 11) is 0. The van der Waals surface area contributed by atoms with E-state index in [9.17, 15) is 24.6 Å². The maximum absolute atomic E-state index is 13.3. The molecule has 0 aliphatic heterocycles. The first-order valence-electron chi connectivity index (χ1n) is 4.77. The van der Waals surface area contributed by atoms with Gasteiger partial charge in [-0.1, -0.05) is 17.7 Å². The zero-order valence-electron chi connectivity index (χ0n) is 9.43. The van der Waals surface area contributed by atoms with Crippen LogP contribution in [0.4, 0.5) is 4.39 Å². The summed E-state index contributed by atoms with van der Waals surface area (Å²) in [5, 5.41) is 20.5. The number of halogens is 1. The van der Waals surface area contributed by atoms with Gasteiger partial charge in [0, 0.05) is 0 Å². The topological polar surface area (TPSA) is 95.5 Å². The van der Waals surface area contributed by atoms with Gasteiger partial charge in [-0.2, -0.15) is 0 Å². The van der Waals surface area contributed by atoms with Crippen LogP contribution in [0.5, 0.6) is 0 Å². The molecule has 0 atom stereocenters. The van der Waals surface area contributed by atoms with Gasteiger partial charge in [-0.3, -0.25) is 20.2 Å². The minimum atomic E-state index is -3.77. The summed E-state index contributed by atoms with van der Waals surface area (Å²) < 4.78 is 18.2. The number of hydrogen-bond acceptors (Lipinski definition) is 5. The summed E-state index contributed by atoms with van der Waals surface area (Å²) in [5.74, 6) is -3.77. The van der Waals surface area contributed by atoms with Crippen LogP contribution in [0.25, 0.3) is 0 Å². The Labute approximate surface area is 91.9 Å². The van der Waals surface area contributed by atoms with Crippen LogP contribution in [0.15, 0.2) is 0 Å². The molecular weight excluding hydrogens is 223 g/mol. The highest BCUT2D eigenvalue weighted by molar-refractivity contribution is 4.68. The lowest BCUT2D eigenvalue weighted by Gasteiger charge is -2.24. The fourth-order valence-corrected chi connectivity index (χ4v) is 1.13. The third-order valence-corrected chi connectivity index (χ3v) is 2.06. The average Bonchev–Trinajstić information content (AvgIpc) is 2.13. The van der Waals surface area contributed by atoms with Crippen LogP contribution >= 0.6 is 0 Å². The van der Waals surface area contributed by atoms with Crippen LogP contribution in [0.3, 0.4) is 0 Å². The molecule has 0 rings (SSSR count). The summed E-state index contributed by atoms with van der Waals surface area (Å²) in [4.78, 5) is 17.3. The minimum absolute atomic E-state index is 0.526. The van der Waals surface area contributed by atoms with Gasteiger partial charge in [0.25, 0.3) is 0 Å². The Morgan fingerprint density at radius 3 is 2.00 bits per heavy atom. The highest BCUT2D eigenvalue weighted by atomic mass is 19.2. The van der Waals surface area contributed by atoms with Crippen LogP contribution in [0, 0.1) is 20.2 Å². The molecule has 0 saturated heterocycles. The van der Waals surface area contributed by atoms with Gasteiger partial charge in [-0.15, -0.1) is 0 Å². The lowest BCUT2D eigenvalue weighted by Crippen LogP contribution is -2.48. The fraction of sp³-hybridized carbons (Fsp3) is 1.00. The molecule has 94 valence electrons. The van der Waals surface area contributed by atoms with Crippen LogP contribution in [-0.4, -0.2) is 28.0 Å². The van der Waals surface area contributed by atoms with E-state index in [0.29, 0.717) is 6.42 Å². The van der Waals surface area contributed by atoms with Crippen molar-refractivity contribution < 1.29 is 19.0 Å². The molecule has 0 saturated carbocycles. The standard InChI is InChI=1S/C8H15FN2O5/c1-4-5-7(2,3)16-6-8(9,10(12)13)11(14)15/h4-6H2,1-3H3. The molecular formula is C8H15FN2O5. The van der Waals surface area contributed by atoms with Gasteiger partial charge in [-0.05, 0) is 20.3 Å². The zero-order chi connectivity index (χ0) is 13.0. The first-order valence-corrected chi connectivity index (χ1v) is 4.77. The fourth-order valence-electron chi connectivity index (χ4n) is 1.13. The maximum atomic E-state index is 13.3. The summed E-state index contributed by atoms with van der Waals surface area (Å²) in [5.41, 5.74) is -0.821. The lowest BCUT2D eigenvalue weighted by molar-refractivity contribution is -0.833. The van der Waals surface area contributed by atoms with Crippen molar-refractivity contribution in [2.24, 2.45) is 0 Å². The zero-order valence-corrected chi connectivity index (χ0v) is 9.43. The average molecular weight is 238 g/mol. The largest absolute Gasteiger partial charge is 0.637 e. The monoisotopic (exact) mass is 238 g/mol. The molecule has 0 spiro atoms. The molecule has 0 aromatic heterocycles. The summed E-state index contributed by atoms with van der Waals surface area (Å²) in [6.07, 6.45) is 1.25. The number of alkyl halides is 1. The van der Waals surface area contributed by atoms with Crippen molar-refractivity contribution in [1.82, 2.24) is 0 Å². The van der Waals surface area contributed by atoms with Gasteiger partial charge in [0.15, 0.2) is 0 Å². The Hall–Kier alpha value is -1.31. The Balaban J connectivity index is 4.57. The molecule has 7 nitrogen and oxygen atoms in total. The van der Waals surface area contributed by atoms with Gasteiger partial charge in [0.05, 0.1) is 5.60 Å². The van der Waals surface area contributed by atoms with E-state index >= 15 is 0 Å². The smallest absolute Gasteiger partial charge is 0.358 e. The SMILES string of the molecule is CCCC(C)(C)OCC(F)([N+](=O)[O-])[N+](=O)[O-]. The van der Waals surface area contributed by atoms with Gasteiger partial charge >= 0.3 is 5.92 Å². The molecule has 0 aromatic rings. The molecule has 0 bridgehead atoms. The molecule has 8 heteroatoms. The van der Waals surface area contributed by atoms with E-state index < -0.39 is 28.0 Å². The van der Waals surface area contributed by atoms with Gasteiger partial charge < -0.3 is 4.74 Å². The Kier molecular flexibility index (Phi) is 4.73. The summed E-state index contributed by atoms with van der Waals surface area (Å²) in [6.45, 7) is 3.85. The highest BCUT2D eigenvalue weighted by Gasteiger charge is 2.59. The quantitative estimate of drug-likeness (QED) is 0.291. The minimum Gasteiger partial charge on any atom is -0.358 e. The van der Waals surface area contributed by atoms with E-state index in [-0.39, 0.29) is 0 Å². The van der Waals surface area contributed by atoms with Crippen molar-refractivity contribution in [1.29, 1.82) is 0 Å². The predicted octanol–water partition coefficient (Wildman–Crippen LogP) is 1.76. The Morgan fingerprint density at radius 2 is 1.69 bits per heavy atom. The number of hydrogen-bond donors (Lipinski definition) is 0. The number of rotatable bonds is 7. The van der Waals surface area contributed by atoms with Crippen molar-refractivity contribution in [3.63, 3.8) is 0 Å². The van der Waals surface area contributed by atoms with Crippen LogP contribution in [0.1, 0.15) is 33.6 Å². The number of nitro groups is 2. The number of ether oxygens (including phenoxy) is 1. The van der Waals surface area contributed by atoms with E-state index in [0.717, 1.165) is 6.42 Å². The molecule has 0 fully saturated rings. The van der Waals surface area contributed by atoms with E-state index in [1.807, 2.05) is 6.92 Å². The molecule has 0 heterocycles. The van der Waals surface area contributed by atoms with Crippen LogP contribution < -0.4 is 0 Å². The second-order valence-corrected chi connectivity index (χ2v) is 4.03. The Morgan fingerprint density at radius 1 is 1.25 bits per heavy atom. The van der Waals surface area contributed by atoms with E-state index in [4.69, 9.17) is 4.74 Å². The Bertz CT molecular complexity index is 268. The van der Waals surface area contributed by atoms with Crippen molar-refractivity contribution in [3.8, 4) is 0 Å². The van der Waals surface area contributed by atoms with Crippen LogP contribution in [0.2, 0.25) is 0 Å². The van der Waals surface area contributed by atoms with Gasteiger partial charge in [0.2, 0.25) is 6.61 Å².